The number of aromatic amines is 3. The summed E-state index contributed by atoms with van der Waals surface area (Å²) in [6.45, 7) is 11.8. The number of aryl methyl sites for hydroxylation is 6. The zero-order chi connectivity index (χ0) is 23.5. The van der Waals surface area contributed by atoms with Crippen molar-refractivity contribution in [2.24, 2.45) is 0 Å². The first-order valence-electron chi connectivity index (χ1n) is 10.8. The second-order valence-corrected chi connectivity index (χ2v) is 8.15. The number of nitrogens with zero attached hydrogens (tertiary/aromatic N) is 5. The molecule has 0 aliphatic heterocycles. The van der Waals surface area contributed by atoms with Gasteiger partial charge in [-0.15, -0.1) is 0 Å². The van der Waals surface area contributed by atoms with E-state index in [2.05, 4.69) is 58.9 Å². The van der Waals surface area contributed by atoms with Gasteiger partial charge in [-0.2, -0.15) is 0 Å². The molecule has 6 rings (SSSR count). The molecule has 0 unspecified atom stereocenters. The first kappa shape index (κ1) is 22.1. The molecule has 0 aliphatic rings. The van der Waals surface area contributed by atoms with E-state index < -0.39 is 0 Å². The topological polar surface area (TPSA) is 112 Å². The molecule has 0 radical (unpaired) electrons. The van der Waals surface area contributed by atoms with E-state index in [4.69, 9.17) is 0 Å². The number of H-pyrrole nitrogens is 3. The molecular formula is C25H28N8. The van der Waals surface area contributed by atoms with Crippen LogP contribution in [0.25, 0.3) is 33.2 Å². The van der Waals surface area contributed by atoms with Gasteiger partial charge in [-0.25, -0.2) is 19.9 Å². The first-order valence-corrected chi connectivity index (χ1v) is 10.8. The second kappa shape index (κ2) is 9.20. The Hall–Kier alpha value is -4.07. The van der Waals surface area contributed by atoms with E-state index in [0.29, 0.717) is 0 Å². The molecule has 33 heavy (non-hydrogen) atoms. The molecule has 0 atom stereocenters. The lowest BCUT2D eigenvalue weighted by atomic mass is 10.2. The maximum absolute atomic E-state index is 4.30. The molecule has 1 aromatic carbocycles. The predicted molar refractivity (Wildman–Crippen MR) is 132 cm³/mol. The quantitative estimate of drug-likeness (QED) is 0.296. The summed E-state index contributed by atoms with van der Waals surface area (Å²) >= 11 is 0. The minimum Gasteiger partial charge on any atom is -0.342 e. The molecule has 0 fully saturated rings. The third-order valence-electron chi connectivity index (χ3n) is 4.98. The van der Waals surface area contributed by atoms with Crippen molar-refractivity contribution in [3.8, 4) is 0 Å². The molecule has 5 heterocycles. The SMILES string of the molecule is Cc1cc2nc(C)[nH]c2cn1.Cc1ccc2[nH]c(C)nc2n1.Cc1ccc2nc(C)[nH]c2c1. The highest BCUT2D eigenvalue weighted by Crippen LogP contribution is 2.12. The second-order valence-electron chi connectivity index (χ2n) is 8.15. The van der Waals surface area contributed by atoms with Crippen molar-refractivity contribution >= 4 is 33.2 Å². The van der Waals surface area contributed by atoms with E-state index >= 15 is 0 Å². The number of nitrogens with one attached hydrogen (secondary N) is 3. The molecule has 0 spiro atoms. The van der Waals surface area contributed by atoms with Crippen LogP contribution in [0.3, 0.4) is 0 Å². The molecule has 168 valence electrons. The maximum atomic E-state index is 4.30. The number of pyridine rings is 2. The Morgan fingerprint density at radius 3 is 2.00 bits per heavy atom. The lowest BCUT2D eigenvalue weighted by molar-refractivity contribution is 1.15. The fourth-order valence-corrected chi connectivity index (χ4v) is 3.50. The lowest BCUT2D eigenvalue weighted by Gasteiger charge is -1.89. The molecule has 0 bridgehead atoms. The number of imidazole rings is 3. The Bertz CT molecular complexity index is 1350. The van der Waals surface area contributed by atoms with E-state index in [1.54, 1.807) is 0 Å². The molecule has 5 aromatic heterocycles. The van der Waals surface area contributed by atoms with Crippen LogP contribution in [0, 0.1) is 41.5 Å². The summed E-state index contributed by atoms with van der Waals surface area (Å²) in [7, 11) is 0. The van der Waals surface area contributed by atoms with Crippen molar-refractivity contribution in [2.45, 2.75) is 41.5 Å². The van der Waals surface area contributed by atoms with Crippen LogP contribution in [-0.2, 0) is 0 Å². The van der Waals surface area contributed by atoms with Gasteiger partial charge in [0.1, 0.15) is 17.5 Å². The molecule has 6 aromatic rings. The van der Waals surface area contributed by atoms with E-state index in [9.17, 15) is 0 Å². The van der Waals surface area contributed by atoms with Gasteiger partial charge < -0.3 is 15.0 Å². The molecule has 0 saturated carbocycles. The average molecular weight is 441 g/mol. The number of aromatic nitrogens is 8. The van der Waals surface area contributed by atoms with E-state index in [1.165, 1.54) is 5.56 Å². The molecule has 0 aliphatic carbocycles. The third-order valence-corrected chi connectivity index (χ3v) is 4.98. The highest BCUT2D eigenvalue weighted by Gasteiger charge is 1.99. The number of hydrogen-bond acceptors (Lipinski definition) is 5. The van der Waals surface area contributed by atoms with Gasteiger partial charge in [0, 0.05) is 11.4 Å². The largest absolute Gasteiger partial charge is 0.342 e. The summed E-state index contributed by atoms with van der Waals surface area (Å²) < 4.78 is 0. The van der Waals surface area contributed by atoms with Gasteiger partial charge in [-0.05, 0) is 77.4 Å². The number of rotatable bonds is 0. The highest BCUT2D eigenvalue weighted by molar-refractivity contribution is 5.76. The van der Waals surface area contributed by atoms with Gasteiger partial charge in [-0.3, -0.25) is 4.98 Å². The molecule has 3 N–H and O–H groups in total. The summed E-state index contributed by atoms with van der Waals surface area (Å²) in [5.41, 5.74) is 9.27. The lowest BCUT2D eigenvalue weighted by Crippen LogP contribution is -1.80. The Morgan fingerprint density at radius 1 is 0.545 bits per heavy atom. The van der Waals surface area contributed by atoms with Crippen molar-refractivity contribution in [2.75, 3.05) is 0 Å². The molecule has 0 amide bonds. The van der Waals surface area contributed by atoms with Gasteiger partial charge in [0.25, 0.3) is 0 Å². The standard InChI is InChI=1S/C9H10N2.2C8H9N3/c1-6-3-4-8-9(5-6)11-7(2)10-8;1-5-3-7-8(4-9-5)11-6(2)10-7;1-5-3-4-7-8(9-5)11-6(2)10-7/h3-5H,1-2H3,(H,10,11);3-4H,1-2H3,(H,10,11);3-4H,1-2H3,(H,9,10,11). The van der Waals surface area contributed by atoms with Crippen LogP contribution in [0.2, 0.25) is 0 Å². The summed E-state index contributed by atoms with van der Waals surface area (Å²) in [4.78, 5) is 30.6. The van der Waals surface area contributed by atoms with Gasteiger partial charge in [0.05, 0.1) is 33.8 Å². The minimum absolute atomic E-state index is 0.808. The summed E-state index contributed by atoms with van der Waals surface area (Å²) in [6.07, 6.45) is 1.81. The Balaban J connectivity index is 0.000000118. The average Bonchev–Trinajstić information content (AvgIpc) is 3.41. The van der Waals surface area contributed by atoms with Crippen LogP contribution in [-0.4, -0.2) is 39.9 Å². The maximum Gasteiger partial charge on any atom is 0.177 e. The van der Waals surface area contributed by atoms with Crippen LogP contribution in [0.5, 0.6) is 0 Å². The predicted octanol–water partition coefficient (Wildman–Crippen LogP) is 5.33. The minimum atomic E-state index is 0.808. The monoisotopic (exact) mass is 440 g/mol. The number of fused-ring (bicyclic) bond motifs is 3. The highest BCUT2D eigenvalue weighted by atomic mass is 15.0. The van der Waals surface area contributed by atoms with Gasteiger partial charge in [0.2, 0.25) is 0 Å². The molecular weight excluding hydrogens is 412 g/mol. The fraction of sp³-hybridized carbons (Fsp3) is 0.240. The van der Waals surface area contributed by atoms with Crippen molar-refractivity contribution in [1.82, 2.24) is 39.9 Å². The fourth-order valence-electron chi connectivity index (χ4n) is 3.50. The van der Waals surface area contributed by atoms with Gasteiger partial charge >= 0.3 is 0 Å². The number of hydrogen-bond donors (Lipinski definition) is 3. The smallest absolute Gasteiger partial charge is 0.177 e. The van der Waals surface area contributed by atoms with Crippen molar-refractivity contribution in [3.05, 3.63) is 77.0 Å². The number of benzene rings is 1. The van der Waals surface area contributed by atoms with Crippen LogP contribution in [0.1, 0.15) is 34.4 Å². The zero-order valence-electron chi connectivity index (χ0n) is 19.8. The summed E-state index contributed by atoms with van der Waals surface area (Å²) in [5, 5.41) is 0. The Kier molecular flexibility index (Phi) is 6.17. The van der Waals surface area contributed by atoms with E-state index in [0.717, 1.165) is 62.1 Å². The van der Waals surface area contributed by atoms with E-state index in [-0.39, 0.29) is 0 Å². The van der Waals surface area contributed by atoms with E-state index in [1.807, 2.05) is 65.1 Å². The third kappa shape index (κ3) is 5.41. The normalized spacial score (nSPS) is 10.7. The molecule has 8 heteroatoms. The van der Waals surface area contributed by atoms with Crippen LogP contribution >= 0.6 is 0 Å². The Labute approximate surface area is 192 Å². The van der Waals surface area contributed by atoms with Crippen molar-refractivity contribution in [3.63, 3.8) is 0 Å². The van der Waals surface area contributed by atoms with Crippen molar-refractivity contribution in [1.29, 1.82) is 0 Å². The van der Waals surface area contributed by atoms with Gasteiger partial charge in [-0.1, -0.05) is 6.07 Å². The Morgan fingerprint density at radius 2 is 1.21 bits per heavy atom. The van der Waals surface area contributed by atoms with Gasteiger partial charge in [0.15, 0.2) is 5.65 Å². The summed E-state index contributed by atoms with van der Waals surface area (Å²) in [6, 6.07) is 12.2. The zero-order valence-corrected chi connectivity index (χ0v) is 19.8. The molecule has 0 saturated heterocycles. The van der Waals surface area contributed by atoms with Crippen molar-refractivity contribution < 1.29 is 0 Å². The molecule has 8 nitrogen and oxygen atoms in total. The first-order chi connectivity index (χ1) is 15.8. The summed E-state index contributed by atoms with van der Waals surface area (Å²) in [5.74, 6) is 2.83. The van der Waals surface area contributed by atoms with Crippen LogP contribution in [0.4, 0.5) is 0 Å². The van der Waals surface area contributed by atoms with Crippen LogP contribution < -0.4 is 0 Å². The van der Waals surface area contributed by atoms with Crippen LogP contribution in [0.15, 0.2) is 42.6 Å².